The maximum atomic E-state index is 13.0. The van der Waals surface area contributed by atoms with Crippen LogP contribution in [-0.2, 0) is 11.0 Å². The van der Waals surface area contributed by atoms with Crippen LogP contribution in [-0.4, -0.2) is 34.8 Å². The summed E-state index contributed by atoms with van der Waals surface area (Å²) >= 11 is 11.6. The van der Waals surface area contributed by atoms with Crippen molar-refractivity contribution in [3.8, 4) is 0 Å². The highest BCUT2D eigenvalue weighted by Crippen LogP contribution is 2.34. The first kappa shape index (κ1) is 21.0. The lowest BCUT2D eigenvalue weighted by molar-refractivity contribution is -0.137. The molecule has 1 aromatic heterocycles. The molecule has 0 radical (unpaired) electrons. The van der Waals surface area contributed by atoms with E-state index in [9.17, 15) is 22.8 Å². The van der Waals surface area contributed by atoms with Gasteiger partial charge in [0.25, 0.3) is 5.91 Å². The number of hydrogen-bond donors (Lipinski definition) is 1. The Labute approximate surface area is 163 Å². The van der Waals surface area contributed by atoms with Crippen LogP contribution in [0.4, 0.5) is 18.9 Å². The maximum absolute atomic E-state index is 13.0. The lowest BCUT2D eigenvalue weighted by atomic mass is 10.1. The number of benzene rings is 1. The molecule has 10 heteroatoms. The Balaban J connectivity index is 2.15. The molecule has 0 saturated carbocycles. The summed E-state index contributed by atoms with van der Waals surface area (Å²) in [4.78, 5) is 29.6. The van der Waals surface area contributed by atoms with Crippen LogP contribution in [0, 0.1) is 0 Å². The number of likely N-dealkylation sites (N-methyl/N-ethyl adjacent to an activating group) is 1. The van der Waals surface area contributed by atoms with Crippen LogP contribution < -0.4 is 5.32 Å². The Kier molecular flexibility index (Phi) is 6.67. The smallest absolute Gasteiger partial charge is 0.330 e. The minimum atomic E-state index is -4.62. The highest BCUT2D eigenvalue weighted by atomic mass is 35.5. The van der Waals surface area contributed by atoms with E-state index in [2.05, 4.69) is 10.3 Å². The Morgan fingerprint density at radius 1 is 1.15 bits per heavy atom. The number of amides is 2. The van der Waals surface area contributed by atoms with E-state index in [1.807, 2.05) is 0 Å². The molecule has 1 N–H and O–H groups in total. The zero-order chi connectivity index (χ0) is 20.2. The monoisotopic (exact) mass is 419 g/mol. The summed E-state index contributed by atoms with van der Waals surface area (Å²) in [6.45, 7) is 1.29. The van der Waals surface area contributed by atoms with Gasteiger partial charge in [-0.05, 0) is 31.2 Å². The molecule has 0 fully saturated rings. The van der Waals surface area contributed by atoms with Crippen LogP contribution in [0.3, 0.4) is 0 Å². The summed E-state index contributed by atoms with van der Waals surface area (Å²) in [5.74, 6) is -1.37. The predicted octanol–water partition coefficient (Wildman–Crippen LogP) is 4.51. The van der Waals surface area contributed by atoms with Crippen molar-refractivity contribution in [3.63, 3.8) is 0 Å². The number of aromatic nitrogens is 1. The molecule has 0 unspecified atom stereocenters. The van der Waals surface area contributed by atoms with Gasteiger partial charge in [0.1, 0.15) is 16.9 Å². The lowest BCUT2D eigenvalue weighted by Crippen LogP contribution is -2.38. The van der Waals surface area contributed by atoms with Crippen LogP contribution in [0.25, 0.3) is 0 Å². The molecule has 0 spiro atoms. The van der Waals surface area contributed by atoms with Crippen LogP contribution >= 0.6 is 23.2 Å². The zero-order valence-electron chi connectivity index (χ0n) is 14.0. The number of hydrogen-bond acceptors (Lipinski definition) is 3. The van der Waals surface area contributed by atoms with Gasteiger partial charge in [0.05, 0.1) is 16.8 Å². The van der Waals surface area contributed by atoms with E-state index in [1.54, 1.807) is 6.92 Å². The first-order valence-corrected chi connectivity index (χ1v) is 8.46. The summed E-state index contributed by atoms with van der Waals surface area (Å²) in [7, 11) is 0. The number of para-hydroxylation sites is 1. The molecule has 0 bridgehead atoms. The van der Waals surface area contributed by atoms with Crippen molar-refractivity contribution in [2.24, 2.45) is 0 Å². The summed E-state index contributed by atoms with van der Waals surface area (Å²) in [6, 6.07) is 7.31. The van der Waals surface area contributed by atoms with Gasteiger partial charge in [-0.1, -0.05) is 35.3 Å². The molecule has 5 nitrogen and oxygen atoms in total. The van der Waals surface area contributed by atoms with Crippen molar-refractivity contribution >= 4 is 40.7 Å². The molecule has 0 saturated heterocycles. The molecular formula is C17H14Cl2F3N3O2. The zero-order valence-corrected chi connectivity index (χ0v) is 15.5. The van der Waals surface area contributed by atoms with E-state index >= 15 is 0 Å². The third-order valence-corrected chi connectivity index (χ3v) is 4.05. The van der Waals surface area contributed by atoms with Gasteiger partial charge in [-0.2, -0.15) is 13.2 Å². The first-order chi connectivity index (χ1) is 12.6. The standard InChI is InChI=1S/C17H14Cl2F3N3O2/c1-2-25(16(27)10-7-8-13(18)24-15(10)19)9-14(26)23-12-6-4-3-5-11(12)17(20,21)22/h3-8H,2,9H2,1H3,(H,23,26). The van der Waals surface area contributed by atoms with Crippen LogP contribution in [0.2, 0.25) is 10.3 Å². The van der Waals surface area contributed by atoms with Gasteiger partial charge in [0.15, 0.2) is 0 Å². The molecule has 27 heavy (non-hydrogen) atoms. The van der Waals surface area contributed by atoms with E-state index in [4.69, 9.17) is 23.2 Å². The van der Waals surface area contributed by atoms with Gasteiger partial charge < -0.3 is 10.2 Å². The predicted molar refractivity (Wildman–Crippen MR) is 95.9 cm³/mol. The molecule has 0 aliphatic carbocycles. The molecule has 0 aliphatic heterocycles. The average molecular weight is 420 g/mol. The van der Waals surface area contributed by atoms with Crippen molar-refractivity contribution in [2.75, 3.05) is 18.4 Å². The summed E-state index contributed by atoms with van der Waals surface area (Å²) < 4.78 is 39.0. The Morgan fingerprint density at radius 3 is 2.41 bits per heavy atom. The van der Waals surface area contributed by atoms with E-state index in [1.165, 1.54) is 24.3 Å². The number of anilines is 1. The minimum absolute atomic E-state index is 0.0337. The fourth-order valence-electron chi connectivity index (χ4n) is 2.27. The van der Waals surface area contributed by atoms with Gasteiger partial charge in [-0.3, -0.25) is 9.59 Å². The number of alkyl halides is 3. The second-order valence-corrected chi connectivity index (χ2v) is 6.13. The fraction of sp³-hybridized carbons (Fsp3) is 0.235. The largest absolute Gasteiger partial charge is 0.418 e. The summed E-state index contributed by atoms with van der Waals surface area (Å²) in [5, 5.41) is 2.16. The molecule has 1 heterocycles. The number of pyridine rings is 1. The number of nitrogens with zero attached hydrogens (tertiary/aromatic N) is 2. The van der Waals surface area contributed by atoms with Gasteiger partial charge in [0.2, 0.25) is 5.91 Å². The van der Waals surface area contributed by atoms with Crippen molar-refractivity contribution in [1.29, 1.82) is 0 Å². The number of halogens is 5. The molecule has 1 aromatic carbocycles. The Bertz CT molecular complexity index is 860. The third kappa shape index (κ3) is 5.33. The number of rotatable bonds is 5. The van der Waals surface area contributed by atoms with E-state index in [-0.39, 0.29) is 28.1 Å². The normalized spacial score (nSPS) is 11.2. The molecule has 2 rings (SSSR count). The van der Waals surface area contributed by atoms with Crippen molar-refractivity contribution < 1.29 is 22.8 Å². The van der Waals surface area contributed by atoms with Crippen molar-refractivity contribution in [3.05, 3.63) is 57.8 Å². The third-order valence-electron chi connectivity index (χ3n) is 3.56. The maximum Gasteiger partial charge on any atom is 0.418 e. The molecule has 2 aromatic rings. The van der Waals surface area contributed by atoms with Gasteiger partial charge in [-0.15, -0.1) is 0 Å². The summed E-state index contributed by atoms with van der Waals surface area (Å²) in [6.07, 6.45) is -4.62. The Hall–Kier alpha value is -2.32. The average Bonchev–Trinajstić information content (AvgIpc) is 2.58. The first-order valence-electron chi connectivity index (χ1n) is 7.71. The highest BCUT2D eigenvalue weighted by molar-refractivity contribution is 6.34. The van der Waals surface area contributed by atoms with Crippen LogP contribution in [0.1, 0.15) is 22.8 Å². The van der Waals surface area contributed by atoms with Crippen LogP contribution in [0.5, 0.6) is 0 Å². The number of carbonyl (C=O) groups is 2. The minimum Gasteiger partial charge on any atom is -0.330 e. The molecule has 0 aliphatic rings. The van der Waals surface area contributed by atoms with Crippen LogP contribution in [0.15, 0.2) is 36.4 Å². The number of carbonyl (C=O) groups excluding carboxylic acids is 2. The molecular weight excluding hydrogens is 406 g/mol. The quantitative estimate of drug-likeness (QED) is 0.725. The van der Waals surface area contributed by atoms with Crippen molar-refractivity contribution in [1.82, 2.24) is 9.88 Å². The number of nitrogens with one attached hydrogen (secondary N) is 1. The van der Waals surface area contributed by atoms with E-state index in [0.717, 1.165) is 17.0 Å². The lowest BCUT2D eigenvalue weighted by Gasteiger charge is -2.21. The second-order valence-electron chi connectivity index (χ2n) is 5.38. The molecule has 2 amide bonds. The summed E-state index contributed by atoms with van der Waals surface area (Å²) in [5.41, 5.74) is -1.33. The molecule has 144 valence electrons. The highest BCUT2D eigenvalue weighted by Gasteiger charge is 2.33. The molecule has 0 atom stereocenters. The topological polar surface area (TPSA) is 62.3 Å². The van der Waals surface area contributed by atoms with E-state index < -0.39 is 30.1 Å². The SMILES string of the molecule is CCN(CC(=O)Nc1ccccc1C(F)(F)F)C(=O)c1ccc(Cl)nc1Cl. The van der Waals surface area contributed by atoms with Gasteiger partial charge in [-0.25, -0.2) is 4.98 Å². The second kappa shape index (κ2) is 8.58. The Morgan fingerprint density at radius 2 is 1.81 bits per heavy atom. The fourth-order valence-corrected chi connectivity index (χ4v) is 2.70. The van der Waals surface area contributed by atoms with Gasteiger partial charge in [0, 0.05) is 6.54 Å². The van der Waals surface area contributed by atoms with E-state index in [0.29, 0.717) is 0 Å². The van der Waals surface area contributed by atoms with Gasteiger partial charge >= 0.3 is 6.18 Å². The van der Waals surface area contributed by atoms with Crippen molar-refractivity contribution in [2.45, 2.75) is 13.1 Å².